The number of ether oxygens (including phenoxy) is 1. The van der Waals surface area contributed by atoms with E-state index in [9.17, 15) is 9.59 Å². The number of allylic oxidation sites excluding steroid dienone is 1. The zero-order valence-corrected chi connectivity index (χ0v) is 14.3. The molecule has 0 amide bonds. The predicted molar refractivity (Wildman–Crippen MR) is 87.6 cm³/mol. The minimum atomic E-state index is -0.152. The van der Waals surface area contributed by atoms with E-state index in [-0.39, 0.29) is 17.5 Å². The number of esters is 1. The summed E-state index contributed by atoms with van der Waals surface area (Å²) in [6.45, 7) is 3.75. The van der Waals surface area contributed by atoms with Crippen molar-refractivity contribution in [3.8, 4) is 0 Å². The summed E-state index contributed by atoms with van der Waals surface area (Å²) in [6.07, 6.45) is 11.0. The van der Waals surface area contributed by atoms with Crippen molar-refractivity contribution in [3.05, 3.63) is 11.6 Å². The van der Waals surface area contributed by atoms with Gasteiger partial charge in [-0.3, -0.25) is 9.59 Å². The highest BCUT2D eigenvalue weighted by molar-refractivity contribution is 5.87. The van der Waals surface area contributed by atoms with E-state index in [2.05, 4.69) is 13.0 Å². The molecule has 0 aromatic rings. The van der Waals surface area contributed by atoms with Crippen LogP contribution in [0.1, 0.15) is 65.2 Å². The minimum Gasteiger partial charge on any atom is -0.462 e. The highest BCUT2D eigenvalue weighted by atomic mass is 16.5. The van der Waals surface area contributed by atoms with Crippen LogP contribution >= 0.6 is 0 Å². The van der Waals surface area contributed by atoms with Crippen LogP contribution in [0.5, 0.6) is 0 Å². The standard InChI is InChI=1S/C20H28O3/c1-12(21)23-14-4-6-15-13(11-14)3-5-17-16(15)9-10-20(2)18(17)7-8-19(20)22/h3,14-18H,4-11H2,1-2H3/t14-,15?,16+,17+,18-,20-/m0/s1. The van der Waals surface area contributed by atoms with Gasteiger partial charge in [-0.2, -0.15) is 0 Å². The first kappa shape index (κ1) is 15.4. The Bertz CT molecular complexity index is 563. The molecule has 0 N–H and O–H groups in total. The molecular weight excluding hydrogens is 288 g/mol. The number of Topliss-reactive ketones (excluding diaryl/α,β-unsaturated/α-hetero) is 1. The minimum absolute atomic E-state index is 0.0263. The van der Waals surface area contributed by atoms with E-state index in [1.165, 1.54) is 18.9 Å². The van der Waals surface area contributed by atoms with Gasteiger partial charge < -0.3 is 4.74 Å². The predicted octanol–water partition coefficient (Wildman–Crippen LogP) is 4.06. The highest BCUT2D eigenvalue weighted by Gasteiger charge is 2.55. The highest BCUT2D eigenvalue weighted by Crippen LogP contribution is 2.60. The molecule has 0 bridgehead atoms. The Labute approximate surface area is 138 Å². The van der Waals surface area contributed by atoms with E-state index in [1.54, 1.807) is 0 Å². The third-order valence-electron chi connectivity index (χ3n) is 7.44. The average molecular weight is 316 g/mol. The topological polar surface area (TPSA) is 43.4 Å². The molecule has 23 heavy (non-hydrogen) atoms. The molecule has 1 unspecified atom stereocenters. The molecule has 3 heteroatoms. The van der Waals surface area contributed by atoms with Crippen LogP contribution in [0.2, 0.25) is 0 Å². The first-order valence-corrected chi connectivity index (χ1v) is 9.38. The van der Waals surface area contributed by atoms with Gasteiger partial charge in [0.05, 0.1) is 0 Å². The molecule has 4 aliphatic carbocycles. The molecule has 3 nitrogen and oxygen atoms in total. The zero-order valence-electron chi connectivity index (χ0n) is 14.3. The maximum absolute atomic E-state index is 12.4. The fraction of sp³-hybridized carbons (Fsp3) is 0.800. The Kier molecular flexibility index (Phi) is 3.66. The van der Waals surface area contributed by atoms with Gasteiger partial charge in [-0.15, -0.1) is 0 Å². The first-order valence-electron chi connectivity index (χ1n) is 9.38. The molecule has 3 saturated carbocycles. The first-order chi connectivity index (χ1) is 11.0. The van der Waals surface area contributed by atoms with Crippen molar-refractivity contribution in [3.63, 3.8) is 0 Å². The third-order valence-corrected chi connectivity index (χ3v) is 7.44. The van der Waals surface area contributed by atoms with E-state index in [4.69, 9.17) is 4.74 Å². The van der Waals surface area contributed by atoms with Crippen molar-refractivity contribution in [1.82, 2.24) is 0 Å². The Morgan fingerprint density at radius 3 is 2.83 bits per heavy atom. The van der Waals surface area contributed by atoms with Crippen LogP contribution < -0.4 is 0 Å². The Balaban J connectivity index is 1.54. The number of carbonyl (C=O) groups is 2. The van der Waals surface area contributed by atoms with Gasteiger partial charge in [0.25, 0.3) is 0 Å². The summed E-state index contributed by atoms with van der Waals surface area (Å²) in [5.74, 6) is 3.13. The largest absolute Gasteiger partial charge is 0.462 e. The molecule has 6 atom stereocenters. The lowest BCUT2D eigenvalue weighted by Gasteiger charge is -2.51. The summed E-state index contributed by atoms with van der Waals surface area (Å²) >= 11 is 0. The van der Waals surface area contributed by atoms with E-state index < -0.39 is 0 Å². The van der Waals surface area contributed by atoms with Gasteiger partial charge in [0.15, 0.2) is 0 Å². The van der Waals surface area contributed by atoms with Crippen molar-refractivity contribution in [2.45, 2.75) is 71.3 Å². The molecule has 0 aromatic heterocycles. The normalized spacial score (nSPS) is 45.6. The van der Waals surface area contributed by atoms with Crippen molar-refractivity contribution in [2.75, 3.05) is 0 Å². The van der Waals surface area contributed by atoms with Gasteiger partial charge in [-0.1, -0.05) is 18.6 Å². The summed E-state index contributed by atoms with van der Waals surface area (Å²) in [4.78, 5) is 23.6. The van der Waals surface area contributed by atoms with Crippen LogP contribution in [0, 0.1) is 29.1 Å². The van der Waals surface area contributed by atoms with Crippen LogP contribution in [0.15, 0.2) is 11.6 Å². The summed E-state index contributed by atoms with van der Waals surface area (Å²) in [6, 6.07) is 0. The van der Waals surface area contributed by atoms with Crippen molar-refractivity contribution < 1.29 is 14.3 Å². The molecule has 126 valence electrons. The molecule has 0 radical (unpaired) electrons. The van der Waals surface area contributed by atoms with Gasteiger partial charge in [0.2, 0.25) is 0 Å². The summed E-state index contributed by atoms with van der Waals surface area (Å²) in [7, 11) is 0. The summed E-state index contributed by atoms with van der Waals surface area (Å²) in [5.41, 5.74) is 1.51. The third kappa shape index (κ3) is 2.38. The molecule has 0 aromatic carbocycles. The van der Waals surface area contributed by atoms with E-state index in [0.29, 0.717) is 23.5 Å². The quantitative estimate of drug-likeness (QED) is 0.541. The lowest BCUT2D eigenvalue weighted by Crippen LogP contribution is -2.46. The summed E-state index contributed by atoms with van der Waals surface area (Å²) < 4.78 is 5.45. The van der Waals surface area contributed by atoms with Gasteiger partial charge in [-0.25, -0.2) is 0 Å². The number of hydrogen-bond acceptors (Lipinski definition) is 3. The second-order valence-corrected chi connectivity index (χ2v) is 8.49. The van der Waals surface area contributed by atoms with Crippen molar-refractivity contribution in [1.29, 1.82) is 0 Å². The molecule has 0 aliphatic heterocycles. The Morgan fingerprint density at radius 2 is 2.04 bits per heavy atom. The summed E-state index contributed by atoms with van der Waals surface area (Å²) in [5, 5.41) is 0. The van der Waals surface area contributed by atoms with E-state index in [0.717, 1.165) is 50.9 Å². The fourth-order valence-electron chi connectivity index (χ4n) is 6.34. The average Bonchev–Trinajstić information content (AvgIpc) is 2.82. The molecule has 4 aliphatic rings. The van der Waals surface area contributed by atoms with Crippen LogP contribution in [0.25, 0.3) is 0 Å². The molecule has 0 spiro atoms. The van der Waals surface area contributed by atoms with Gasteiger partial charge in [-0.05, 0) is 62.2 Å². The molecular formula is C20H28O3. The number of carbonyl (C=O) groups excluding carboxylic acids is 2. The number of ketones is 1. The lowest BCUT2D eigenvalue weighted by atomic mass is 9.53. The monoisotopic (exact) mass is 316 g/mol. The second-order valence-electron chi connectivity index (χ2n) is 8.49. The Morgan fingerprint density at radius 1 is 1.22 bits per heavy atom. The molecule has 4 rings (SSSR count). The maximum atomic E-state index is 12.4. The van der Waals surface area contributed by atoms with Gasteiger partial charge in [0.1, 0.15) is 11.9 Å². The second kappa shape index (κ2) is 5.46. The van der Waals surface area contributed by atoms with E-state index >= 15 is 0 Å². The van der Waals surface area contributed by atoms with Crippen LogP contribution in [-0.4, -0.2) is 17.9 Å². The van der Waals surface area contributed by atoms with Crippen LogP contribution in [0.3, 0.4) is 0 Å². The Hall–Kier alpha value is -1.12. The van der Waals surface area contributed by atoms with Gasteiger partial charge >= 0.3 is 5.97 Å². The molecule has 3 fully saturated rings. The zero-order chi connectivity index (χ0) is 16.2. The fourth-order valence-corrected chi connectivity index (χ4v) is 6.34. The van der Waals surface area contributed by atoms with Gasteiger partial charge in [0, 0.05) is 25.2 Å². The SMILES string of the molecule is CC(=O)O[C@H]1CCC2C(=CC[C@@H]3[C@@H]2CC[C@]2(C)C(=O)CC[C@@H]32)C1. The molecule has 0 heterocycles. The van der Waals surface area contributed by atoms with Crippen LogP contribution in [0.4, 0.5) is 0 Å². The number of fused-ring (bicyclic) bond motifs is 5. The number of rotatable bonds is 1. The number of hydrogen-bond donors (Lipinski definition) is 0. The maximum Gasteiger partial charge on any atom is 0.302 e. The van der Waals surface area contributed by atoms with Crippen molar-refractivity contribution in [2.24, 2.45) is 29.1 Å². The van der Waals surface area contributed by atoms with E-state index in [1.807, 2.05) is 0 Å². The van der Waals surface area contributed by atoms with Crippen LogP contribution in [-0.2, 0) is 14.3 Å². The molecule has 0 saturated heterocycles. The van der Waals surface area contributed by atoms with Crippen molar-refractivity contribution >= 4 is 11.8 Å². The smallest absolute Gasteiger partial charge is 0.302 e. The lowest BCUT2D eigenvalue weighted by molar-refractivity contribution is -0.147.